The maximum atomic E-state index is 13.2. The van der Waals surface area contributed by atoms with Crippen LogP contribution in [0.4, 0.5) is 5.69 Å². The van der Waals surface area contributed by atoms with Gasteiger partial charge in [-0.15, -0.1) is 0 Å². The second kappa shape index (κ2) is 9.25. The van der Waals surface area contributed by atoms with E-state index in [2.05, 4.69) is 5.32 Å². The summed E-state index contributed by atoms with van der Waals surface area (Å²) >= 11 is 5.98. The van der Waals surface area contributed by atoms with Crippen molar-refractivity contribution in [1.82, 2.24) is 4.90 Å². The van der Waals surface area contributed by atoms with E-state index in [1.54, 1.807) is 29.2 Å². The molecule has 7 heteroatoms. The van der Waals surface area contributed by atoms with Crippen LogP contribution in [0.15, 0.2) is 72.8 Å². The van der Waals surface area contributed by atoms with Gasteiger partial charge in [0.25, 0.3) is 11.8 Å². The van der Waals surface area contributed by atoms with E-state index in [0.717, 1.165) is 16.9 Å². The molecule has 6 nitrogen and oxygen atoms in total. The molecule has 2 atom stereocenters. The van der Waals surface area contributed by atoms with Gasteiger partial charge in [-0.1, -0.05) is 48.0 Å². The number of carbonyl (C=O) groups is 2. The van der Waals surface area contributed by atoms with E-state index >= 15 is 0 Å². The predicted octanol–water partition coefficient (Wildman–Crippen LogP) is 4.50. The number of carbonyl (C=O) groups excluding carboxylic acids is 2. The van der Waals surface area contributed by atoms with E-state index in [1.165, 1.54) is 0 Å². The van der Waals surface area contributed by atoms with Crippen LogP contribution in [0.1, 0.15) is 27.6 Å². The molecule has 3 aromatic rings. The molecular weight excluding hydrogens is 440 g/mol. The summed E-state index contributed by atoms with van der Waals surface area (Å²) in [4.78, 5) is 27.7. The summed E-state index contributed by atoms with van der Waals surface area (Å²) < 4.78 is 11.6. The Morgan fingerprint density at radius 1 is 1.00 bits per heavy atom. The zero-order valence-electron chi connectivity index (χ0n) is 17.9. The molecule has 33 heavy (non-hydrogen) atoms. The fourth-order valence-electron chi connectivity index (χ4n) is 4.18. The van der Waals surface area contributed by atoms with Crippen LogP contribution in [0.3, 0.4) is 0 Å². The second-order valence-electron chi connectivity index (χ2n) is 8.15. The molecule has 0 saturated carbocycles. The number of morpholine rings is 1. The summed E-state index contributed by atoms with van der Waals surface area (Å²) in [6, 6.07) is 22.1. The standard InChI is InChI=1S/C26H23ClN2O4/c27-20-10-8-17(9-11-20)24-16-29(12-13-32-24)26(31)19-5-3-6-21(14-19)28-25(30)23-15-18-4-1-2-7-22(18)33-23/h1-11,14,23-24H,12-13,15-16H2,(H,28,30). The Bertz CT molecular complexity index is 1160. The molecule has 2 aliphatic heterocycles. The molecule has 5 rings (SSSR count). The van der Waals surface area contributed by atoms with E-state index in [1.807, 2.05) is 48.5 Å². The van der Waals surface area contributed by atoms with Crippen molar-refractivity contribution in [1.29, 1.82) is 0 Å². The first-order chi connectivity index (χ1) is 16.1. The quantitative estimate of drug-likeness (QED) is 0.620. The van der Waals surface area contributed by atoms with Gasteiger partial charge in [0.2, 0.25) is 0 Å². The number of ether oxygens (including phenoxy) is 2. The summed E-state index contributed by atoms with van der Waals surface area (Å²) in [5, 5.41) is 3.55. The molecule has 0 bridgehead atoms. The largest absolute Gasteiger partial charge is 0.480 e. The SMILES string of the molecule is O=C(Nc1cccc(C(=O)N2CCOC(c3ccc(Cl)cc3)C2)c1)C1Cc2ccccc2O1. The summed E-state index contributed by atoms with van der Waals surface area (Å²) in [5.41, 5.74) is 3.08. The summed E-state index contributed by atoms with van der Waals surface area (Å²) in [7, 11) is 0. The monoisotopic (exact) mass is 462 g/mol. The van der Waals surface area contributed by atoms with E-state index in [9.17, 15) is 9.59 Å². The molecule has 2 amide bonds. The molecule has 2 unspecified atom stereocenters. The lowest BCUT2D eigenvalue weighted by molar-refractivity contribution is -0.122. The van der Waals surface area contributed by atoms with Gasteiger partial charge in [-0.05, 0) is 47.5 Å². The minimum atomic E-state index is -0.582. The molecule has 0 radical (unpaired) electrons. The third-order valence-electron chi connectivity index (χ3n) is 5.91. The van der Waals surface area contributed by atoms with Gasteiger partial charge in [-0.3, -0.25) is 9.59 Å². The van der Waals surface area contributed by atoms with Gasteiger partial charge in [0.15, 0.2) is 6.10 Å². The maximum Gasteiger partial charge on any atom is 0.265 e. The number of halogens is 1. The van der Waals surface area contributed by atoms with Crippen LogP contribution >= 0.6 is 11.6 Å². The molecule has 2 heterocycles. The Hall–Kier alpha value is -3.35. The highest BCUT2D eigenvalue weighted by molar-refractivity contribution is 6.30. The first kappa shape index (κ1) is 21.5. The summed E-state index contributed by atoms with van der Waals surface area (Å²) in [6.45, 7) is 1.41. The van der Waals surface area contributed by atoms with Crippen LogP contribution in [0.25, 0.3) is 0 Å². The van der Waals surface area contributed by atoms with Gasteiger partial charge in [0, 0.05) is 29.2 Å². The second-order valence-corrected chi connectivity index (χ2v) is 8.59. The van der Waals surface area contributed by atoms with Gasteiger partial charge < -0.3 is 19.7 Å². The number of hydrogen-bond donors (Lipinski definition) is 1. The minimum absolute atomic E-state index is 0.0992. The van der Waals surface area contributed by atoms with Gasteiger partial charge in [-0.2, -0.15) is 0 Å². The van der Waals surface area contributed by atoms with Crippen molar-refractivity contribution < 1.29 is 19.1 Å². The number of fused-ring (bicyclic) bond motifs is 1. The fourth-order valence-corrected chi connectivity index (χ4v) is 4.30. The number of para-hydroxylation sites is 1. The molecule has 1 N–H and O–H groups in total. The Morgan fingerprint density at radius 2 is 1.82 bits per heavy atom. The third-order valence-corrected chi connectivity index (χ3v) is 6.16. The van der Waals surface area contributed by atoms with Gasteiger partial charge in [-0.25, -0.2) is 0 Å². The lowest BCUT2D eigenvalue weighted by Gasteiger charge is -2.33. The zero-order chi connectivity index (χ0) is 22.8. The summed E-state index contributed by atoms with van der Waals surface area (Å²) in [5.74, 6) is 0.409. The average molecular weight is 463 g/mol. The average Bonchev–Trinajstić information content (AvgIpc) is 3.29. The minimum Gasteiger partial charge on any atom is -0.480 e. The number of rotatable bonds is 4. The van der Waals surface area contributed by atoms with Crippen LogP contribution in [0.5, 0.6) is 5.75 Å². The van der Waals surface area contributed by atoms with Crippen molar-refractivity contribution in [3.8, 4) is 5.75 Å². The molecule has 0 spiro atoms. The first-order valence-corrected chi connectivity index (χ1v) is 11.3. The Labute approximate surface area is 197 Å². The van der Waals surface area contributed by atoms with E-state index < -0.39 is 6.10 Å². The van der Waals surface area contributed by atoms with Crippen molar-refractivity contribution >= 4 is 29.1 Å². The van der Waals surface area contributed by atoms with Crippen molar-refractivity contribution in [3.63, 3.8) is 0 Å². The molecule has 1 saturated heterocycles. The molecule has 0 aromatic heterocycles. The van der Waals surface area contributed by atoms with Crippen LogP contribution in [0.2, 0.25) is 5.02 Å². The van der Waals surface area contributed by atoms with Crippen LogP contribution in [-0.4, -0.2) is 42.5 Å². The third kappa shape index (κ3) is 4.72. The van der Waals surface area contributed by atoms with E-state index in [-0.39, 0.29) is 17.9 Å². The van der Waals surface area contributed by atoms with Gasteiger partial charge >= 0.3 is 0 Å². The molecule has 2 aliphatic rings. The zero-order valence-corrected chi connectivity index (χ0v) is 18.6. The molecule has 0 aliphatic carbocycles. The lowest BCUT2D eigenvalue weighted by atomic mass is 10.1. The van der Waals surface area contributed by atoms with Crippen molar-refractivity contribution in [2.45, 2.75) is 18.6 Å². The number of anilines is 1. The van der Waals surface area contributed by atoms with Crippen LogP contribution in [0, 0.1) is 0 Å². The normalized spacial score (nSPS) is 19.5. The van der Waals surface area contributed by atoms with Crippen molar-refractivity contribution in [2.75, 3.05) is 25.0 Å². The highest BCUT2D eigenvalue weighted by atomic mass is 35.5. The fraction of sp³-hybridized carbons (Fsp3) is 0.231. The number of nitrogens with zero attached hydrogens (tertiary/aromatic N) is 1. The van der Waals surface area contributed by atoms with Crippen LogP contribution in [-0.2, 0) is 16.0 Å². The Kier molecular flexibility index (Phi) is 6.03. The highest BCUT2D eigenvalue weighted by Gasteiger charge is 2.29. The van der Waals surface area contributed by atoms with Crippen LogP contribution < -0.4 is 10.1 Å². The summed E-state index contributed by atoms with van der Waals surface area (Å²) in [6.07, 6.45) is -0.259. The van der Waals surface area contributed by atoms with E-state index in [4.69, 9.17) is 21.1 Å². The van der Waals surface area contributed by atoms with Gasteiger partial charge in [0.05, 0.1) is 13.2 Å². The molecule has 3 aromatic carbocycles. The smallest absolute Gasteiger partial charge is 0.265 e. The topological polar surface area (TPSA) is 67.9 Å². The Morgan fingerprint density at radius 3 is 2.64 bits per heavy atom. The molecule has 168 valence electrons. The number of nitrogens with one attached hydrogen (secondary N) is 1. The maximum absolute atomic E-state index is 13.2. The van der Waals surface area contributed by atoms with Crippen molar-refractivity contribution in [2.24, 2.45) is 0 Å². The van der Waals surface area contributed by atoms with Gasteiger partial charge in [0.1, 0.15) is 11.9 Å². The number of hydrogen-bond acceptors (Lipinski definition) is 4. The predicted molar refractivity (Wildman–Crippen MR) is 126 cm³/mol. The number of benzene rings is 3. The molecular formula is C26H23ClN2O4. The molecule has 1 fully saturated rings. The van der Waals surface area contributed by atoms with E-state index in [0.29, 0.717) is 42.4 Å². The first-order valence-electron chi connectivity index (χ1n) is 10.9. The number of amides is 2. The highest BCUT2D eigenvalue weighted by Crippen LogP contribution is 2.29. The van der Waals surface area contributed by atoms with Crippen molar-refractivity contribution in [3.05, 3.63) is 94.5 Å². The Balaban J connectivity index is 1.24. The lowest BCUT2D eigenvalue weighted by Crippen LogP contribution is -2.42.